The molecule has 2 unspecified atom stereocenters. The van der Waals surface area contributed by atoms with Gasteiger partial charge in [-0.3, -0.25) is 0 Å². The Bertz CT molecular complexity index is 733. The quantitative estimate of drug-likeness (QED) is 0.618. The Hall–Kier alpha value is -2.29. The van der Waals surface area contributed by atoms with E-state index in [0.29, 0.717) is 5.75 Å². The van der Waals surface area contributed by atoms with Crippen LogP contribution in [0.2, 0.25) is 0 Å². The number of hydrogen-bond donors (Lipinski definition) is 0. The lowest BCUT2D eigenvalue weighted by Gasteiger charge is -2.16. The second-order valence-corrected chi connectivity index (χ2v) is 5.99. The average molecular weight is 296 g/mol. The van der Waals surface area contributed by atoms with Gasteiger partial charge in [-0.05, 0) is 49.6 Å². The number of carbonyl (C=O) groups is 1. The van der Waals surface area contributed by atoms with Crippen molar-refractivity contribution in [3.05, 3.63) is 58.7 Å². The standard InChI is InChI=1S/C19H20O3/c1-11-9-12(2)13(3)17(10-11)22-19(20)18-14(4)15-7-5-6-8-16(15)21-18/h5-10,14,18H,1-4H3. The predicted molar refractivity (Wildman–Crippen MR) is 85.6 cm³/mol. The van der Waals surface area contributed by atoms with E-state index in [9.17, 15) is 4.79 Å². The molecule has 3 heteroatoms. The van der Waals surface area contributed by atoms with Gasteiger partial charge in [0.15, 0.2) is 0 Å². The smallest absolute Gasteiger partial charge is 0.353 e. The van der Waals surface area contributed by atoms with E-state index in [1.807, 2.05) is 58.0 Å². The summed E-state index contributed by atoms with van der Waals surface area (Å²) in [6.07, 6.45) is -0.586. The number of aryl methyl sites for hydroxylation is 2. The van der Waals surface area contributed by atoms with E-state index >= 15 is 0 Å². The zero-order valence-electron chi connectivity index (χ0n) is 13.3. The molecule has 114 valence electrons. The maximum Gasteiger partial charge on any atom is 0.353 e. The second-order valence-electron chi connectivity index (χ2n) is 5.99. The van der Waals surface area contributed by atoms with Gasteiger partial charge in [0.05, 0.1) is 0 Å². The molecule has 0 N–H and O–H groups in total. The SMILES string of the molecule is Cc1cc(C)c(C)c(OC(=O)C2Oc3ccccc3C2C)c1. The summed E-state index contributed by atoms with van der Waals surface area (Å²) in [4.78, 5) is 12.5. The molecule has 1 aliphatic rings. The molecule has 0 saturated heterocycles. The fourth-order valence-corrected chi connectivity index (χ4v) is 2.89. The largest absolute Gasteiger partial charge is 0.478 e. The van der Waals surface area contributed by atoms with Crippen LogP contribution >= 0.6 is 0 Å². The summed E-state index contributed by atoms with van der Waals surface area (Å²) in [7, 11) is 0. The Morgan fingerprint density at radius 1 is 1.14 bits per heavy atom. The third-order valence-electron chi connectivity index (χ3n) is 4.32. The van der Waals surface area contributed by atoms with Crippen LogP contribution < -0.4 is 9.47 Å². The van der Waals surface area contributed by atoms with Gasteiger partial charge >= 0.3 is 5.97 Å². The van der Waals surface area contributed by atoms with E-state index < -0.39 is 6.10 Å². The molecule has 0 saturated carbocycles. The Labute approximate surface area is 130 Å². The van der Waals surface area contributed by atoms with Crippen LogP contribution in [0.1, 0.15) is 35.1 Å². The van der Waals surface area contributed by atoms with Crippen LogP contribution in [-0.4, -0.2) is 12.1 Å². The zero-order valence-corrected chi connectivity index (χ0v) is 13.3. The summed E-state index contributed by atoms with van der Waals surface area (Å²) in [6.45, 7) is 7.97. The molecular weight excluding hydrogens is 276 g/mol. The molecule has 0 radical (unpaired) electrons. The first-order valence-corrected chi connectivity index (χ1v) is 7.52. The van der Waals surface area contributed by atoms with Crippen molar-refractivity contribution in [2.24, 2.45) is 0 Å². The first-order chi connectivity index (χ1) is 10.5. The number of rotatable bonds is 2. The van der Waals surface area contributed by atoms with Crippen LogP contribution in [0.5, 0.6) is 11.5 Å². The van der Waals surface area contributed by atoms with Crippen LogP contribution in [-0.2, 0) is 4.79 Å². The minimum atomic E-state index is -0.586. The number of ether oxygens (including phenoxy) is 2. The molecule has 0 bridgehead atoms. The summed E-state index contributed by atoms with van der Waals surface area (Å²) < 4.78 is 11.4. The topological polar surface area (TPSA) is 35.5 Å². The predicted octanol–water partition coefficient (Wildman–Crippen LogP) is 4.08. The molecule has 0 aromatic heterocycles. The third kappa shape index (κ3) is 2.47. The minimum Gasteiger partial charge on any atom is -0.478 e. The summed E-state index contributed by atoms with van der Waals surface area (Å²) in [5.41, 5.74) is 4.24. The first kappa shape index (κ1) is 14.6. The number of esters is 1. The van der Waals surface area contributed by atoms with Crippen molar-refractivity contribution in [2.75, 3.05) is 0 Å². The first-order valence-electron chi connectivity index (χ1n) is 7.52. The van der Waals surface area contributed by atoms with Crippen molar-refractivity contribution in [3.63, 3.8) is 0 Å². The van der Waals surface area contributed by atoms with Gasteiger partial charge in [-0.1, -0.05) is 31.2 Å². The minimum absolute atomic E-state index is 0.00471. The average Bonchev–Trinajstić information content (AvgIpc) is 2.82. The fraction of sp³-hybridized carbons (Fsp3) is 0.316. The van der Waals surface area contributed by atoms with E-state index in [1.54, 1.807) is 0 Å². The van der Waals surface area contributed by atoms with Crippen LogP contribution in [0.25, 0.3) is 0 Å². The van der Waals surface area contributed by atoms with E-state index in [-0.39, 0.29) is 11.9 Å². The van der Waals surface area contributed by atoms with Crippen molar-refractivity contribution in [1.29, 1.82) is 0 Å². The molecule has 0 spiro atoms. The van der Waals surface area contributed by atoms with Gasteiger partial charge < -0.3 is 9.47 Å². The van der Waals surface area contributed by atoms with Crippen molar-refractivity contribution >= 4 is 5.97 Å². The molecule has 0 amide bonds. The molecule has 0 aliphatic carbocycles. The lowest BCUT2D eigenvalue weighted by Crippen LogP contribution is -2.32. The molecule has 3 nitrogen and oxygen atoms in total. The van der Waals surface area contributed by atoms with Crippen LogP contribution in [0, 0.1) is 20.8 Å². The van der Waals surface area contributed by atoms with Crippen LogP contribution in [0.4, 0.5) is 0 Å². The molecule has 1 aliphatic heterocycles. The highest BCUT2D eigenvalue weighted by molar-refractivity contribution is 5.80. The second kappa shape index (κ2) is 5.48. The Kier molecular flexibility index (Phi) is 3.65. The van der Waals surface area contributed by atoms with E-state index in [0.717, 1.165) is 28.0 Å². The lowest BCUT2D eigenvalue weighted by molar-refractivity contribution is -0.142. The highest BCUT2D eigenvalue weighted by atomic mass is 16.6. The molecular formula is C19H20O3. The highest BCUT2D eigenvalue weighted by Crippen LogP contribution is 2.38. The van der Waals surface area contributed by atoms with Crippen molar-refractivity contribution in [2.45, 2.75) is 39.7 Å². The number of hydrogen-bond acceptors (Lipinski definition) is 3. The van der Waals surface area contributed by atoms with Gasteiger partial charge in [-0.25, -0.2) is 4.79 Å². The van der Waals surface area contributed by atoms with Gasteiger partial charge in [0.25, 0.3) is 0 Å². The van der Waals surface area contributed by atoms with E-state index in [1.165, 1.54) is 0 Å². The monoisotopic (exact) mass is 296 g/mol. The molecule has 1 heterocycles. The zero-order chi connectivity index (χ0) is 15.9. The van der Waals surface area contributed by atoms with Gasteiger partial charge in [-0.2, -0.15) is 0 Å². The number of carbonyl (C=O) groups excluding carboxylic acids is 1. The Morgan fingerprint density at radius 2 is 1.86 bits per heavy atom. The van der Waals surface area contributed by atoms with Crippen molar-refractivity contribution in [1.82, 2.24) is 0 Å². The Morgan fingerprint density at radius 3 is 2.59 bits per heavy atom. The summed E-state index contributed by atoms with van der Waals surface area (Å²) >= 11 is 0. The lowest BCUT2D eigenvalue weighted by atomic mass is 9.98. The van der Waals surface area contributed by atoms with Crippen LogP contribution in [0.3, 0.4) is 0 Å². The van der Waals surface area contributed by atoms with Crippen LogP contribution in [0.15, 0.2) is 36.4 Å². The summed E-state index contributed by atoms with van der Waals surface area (Å²) in [5, 5.41) is 0. The van der Waals surface area contributed by atoms with Gasteiger partial charge in [0.2, 0.25) is 6.10 Å². The van der Waals surface area contributed by atoms with Crippen molar-refractivity contribution in [3.8, 4) is 11.5 Å². The number of benzene rings is 2. The molecule has 3 rings (SSSR count). The summed E-state index contributed by atoms with van der Waals surface area (Å²) in [6, 6.07) is 11.7. The highest BCUT2D eigenvalue weighted by Gasteiger charge is 2.37. The van der Waals surface area contributed by atoms with Gasteiger partial charge in [0, 0.05) is 11.5 Å². The van der Waals surface area contributed by atoms with E-state index in [2.05, 4.69) is 6.07 Å². The molecule has 0 fully saturated rings. The maximum absolute atomic E-state index is 12.5. The van der Waals surface area contributed by atoms with Crippen molar-refractivity contribution < 1.29 is 14.3 Å². The number of fused-ring (bicyclic) bond motifs is 1. The molecule has 2 aromatic carbocycles. The number of para-hydroxylation sites is 1. The fourth-order valence-electron chi connectivity index (χ4n) is 2.89. The normalized spacial score (nSPS) is 19.5. The maximum atomic E-state index is 12.5. The molecule has 2 atom stereocenters. The summed E-state index contributed by atoms with van der Waals surface area (Å²) in [5.74, 6) is 1.05. The van der Waals surface area contributed by atoms with E-state index in [4.69, 9.17) is 9.47 Å². The Balaban J connectivity index is 1.82. The molecule has 22 heavy (non-hydrogen) atoms. The molecule has 2 aromatic rings. The van der Waals surface area contributed by atoms with Gasteiger partial charge in [-0.15, -0.1) is 0 Å². The van der Waals surface area contributed by atoms with Gasteiger partial charge in [0.1, 0.15) is 11.5 Å². The third-order valence-corrected chi connectivity index (χ3v) is 4.32.